The Morgan fingerprint density at radius 3 is 1.67 bits per heavy atom. The highest BCUT2D eigenvalue weighted by Crippen LogP contribution is 2.45. The van der Waals surface area contributed by atoms with E-state index in [1.165, 1.54) is 83.5 Å². The van der Waals surface area contributed by atoms with Gasteiger partial charge in [-0.15, -0.1) is 0 Å². The molecule has 0 amide bonds. The van der Waals surface area contributed by atoms with Crippen LogP contribution in [0.25, 0.3) is 0 Å². The number of hydrogen-bond acceptors (Lipinski definition) is 3. The standard InChI is InChI=1S/C36H49N3/c1-8-37(9-2)29-16-18-31(25(5)22-29)35(32-19-17-30(23-26(32)6)38(10-3)11-4)34-24-28-14-12-20-39-21-13-15-33(27(34)7)36(28)39/h16-19,22-24,35H,8-15,20-21H2,1-7H3. The zero-order valence-corrected chi connectivity index (χ0v) is 25.5. The second-order valence-corrected chi connectivity index (χ2v) is 11.6. The van der Waals surface area contributed by atoms with Crippen LogP contribution < -0.4 is 14.7 Å². The molecule has 0 fully saturated rings. The summed E-state index contributed by atoms with van der Waals surface area (Å²) in [4.78, 5) is 7.59. The molecule has 0 bridgehead atoms. The third-order valence-electron chi connectivity index (χ3n) is 9.55. The monoisotopic (exact) mass is 523 g/mol. The Morgan fingerprint density at radius 2 is 1.18 bits per heavy atom. The van der Waals surface area contributed by atoms with Gasteiger partial charge in [0.1, 0.15) is 0 Å². The summed E-state index contributed by atoms with van der Waals surface area (Å²) in [6.07, 6.45) is 4.97. The van der Waals surface area contributed by atoms with E-state index in [1.54, 1.807) is 16.8 Å². The minimum Gasteiger partial charge on any atom is -0.372 e. The lowest BCUT2D eigenvalue weighted by Gasteiger charge is -2.39. The maximum absolute atomic E-state index is 2.68. The molecule has 2 aliphatic rings. The number of hydrogen-bond donors (Lipinski definition) is 0. The van der Waals surface area contributed by atoms with Crippen molar-refractivity contribution in [2.24, 2.45) is 0 Å². The van der Waals surface area contributed by atoms with Crippen LogP contribution in [0.4, 0.5) is 17.1 Å². The second kappa shape index (κ2) is 11.7. The summed E-state index contributed by atoms with van der Waals surface area (Å²) in [7, 11) is 0. The molecule has 39 heavy (non-hydrogen) atoms. The van der Waals surface area contributed by atoms with Gasteiger partial charge in [-0.2, -0.15) is 0 Å². The van der Waals surface area contributed by atoms with Crippen LogP contribution in [0.3, 0.4) is 0 Å². The molecule has 3 aromatic carbocycles. The lowest BCUT2D eigenvalue weighted by Crippen LogP contribution is -2.35. The van der Waals surface area contributed by atoms with Gasteiger partial charge in [-0.25, -0.2) is 0 Å². The fraction of sp³-hybridized carbons (Fsp3) is 0.500. The van der Waals surface area contributed by atoms with Crippen molar-refractivity contribution >= 4 is 17.1 Å². The van der Waals surface area contributed by atoms with Crippen LogP contribution >= 0.6 is 0 Å². The maximum Gasteiger partial charge on any atom is 0.0434 e. The molecule has 3 aromatic rings. The first-order valence-electron chi connectivity index (χ1n) is 15.5. The first kappa shape index (κ1) is 27.6. The Balaban J connectivity index is 1.71. The molecule has 0 unspecified atom stereocenters. The largest absolute Gasteiger partial charge is 0.372 e. The molecule has 3 heteroatoms. The zero-order valence-electron chi connectivity index (χ0n) is 25.5. The fourth-order valence-electron chi connectivity index (χ4n) is 7.38. The van der Waals surface area contributed by atoms with Crippen molar-refractivity contribution in [2.75, 3.05) is 54.0 Å². The minimum atomic E-state index is 0.236. The van der Waals surface area contributed by atoms with E-state index >= 15 is 0 Å². The number of benzene rings is 3. The van der Waals surface area contributed by atoms with Crippen LogP contribution in [-0.2, 0) is 12.8 Å². The molecule has 0 radical (unpaired) electrons. The predicted molar refractivity (Wildman–Crippen MR) is 170 cm³/mol. The van der Waals surface area contributed by atoms with Gasteiger partial charge < -0.3 is 14.7 Å². The van der Waals surface area contributed by atoms with E-state index in [0.29, 0.717) is 0 Å². The van der Waals surface area contributed by atoms with Crippen molar-refractivity contribution in [3.63, 3.8) is 0 Å². The molecule has 0 atom stereocenters. The van der Waals surface area contributed by atoms with Crippen LogP contribution in [0.15, 0.2) is 42.5 Å². The summed E-state index contributed by atoms with van der Waals surface area (Å²) in [6.45, 7) is 22.7. The first-order chi connectivity index (χ1) is 18.9. The summed E-state index contributed by atoms with van der Waals surface area (Å²) < 4.78 is 0. The summed E-state index contributed by atoms with van der Waals surface area (Å²) in [5.41, 5.74) is 16.2. The smallest absolute Gasteiger partial charge is 0.0434 e. The Morgan fingerprint density at radius 1 is 0.667 bits per heavy atom. The number of aryl methyl sites for hydroxylation is 3. The van der Waals surface area contributed by atoms with Crippen molar-refractivity contribution in [3.8, 4) is 0 Å². The van der Waals surface area contributed by atoms with Crippen LogP contribution in [0, 0.1) is 20.8 Å². The van der Waals surface area contributed by atoms with Crippen LogP contribution in [0.1, 0.15) is 91.0 Å². The Kier molecular flexibility index (Phi) is 8.26. The Bertz CT molecular complexity index is 1250. The van der Waals surface area contributed by atoms with Gasteiger partial charge in [0.25, 0.3) is 0 Å². The van der Waals surface area contributed by atoms with Crippen molar-refractivity contribution in [1.29, 1.82) is 0 Å². The molecular weight excluding hydrogens is 474 g/mol. The molecule has 208 valence electrons. The lowest BCUT2D eigenvalue weighted by atomic mass is 9.76. The van der Waals surface area contributed by atoms with Gasteiger partial charge in [-0.1, -0.05) is 18.2 Å². The van der Waals surface area contributed by atoms with Crippen LogP contribution in [-0.4, -0.2) is 39.3 Å². The van der Waals surface area contributed by atoms with Crippen LogP contribution in [0.2, 0.25) is 0 Å². The third kappa shape index (κ3) is 5.06. The molecule has 5 rings (SSSR count). The molecule has 0 spiro atoms. The summed E-state index contributed by atoms with van der Waals surface area (Å²) >= 11 is 0. The van der Waals surface area contributed by atoms with E-state index in [2.05, 4.69) is 106 Å². The molecule has 2 heterocycles. The van der Waals surface area contributed by atoms with E-state index in [-0.39, 0.29) is 5.92 Å². The van der Waals surface area contributed by atoms with Crippen molar-refractivity contribution < 1.29 is 0 Å². The highest BCUT2D eigenvalue weighted by Gasteiger charge is 2.30. The van der Waals surface area contributed by atoms with E-state index in [9.17, 15) is 0 Å². The molecule has 0 aliphatic carbocycles. The molecule has 0 aromatic heterocycles. The van der Waals surface area contributed by atoms with Gasteiger partial charge >= 0.3 is 0 Å². The average molecular weight is 524 g/mol. The first-order valence-corrected chi connectivity index (χ1v) is 15.5. The Hall–Kier alpha value is -2.94. The number of anilines is 3. The van der Waals surface area contributed by atoms with E-state index in [0.717, 1.165) is 26.2 Å². The van der Waals surface area contributed by atoms with Gasteiger partial charge in [-0.3, -0.25) is 0 Å². The molecule has 2 aliphatic heterocycles. The lowest BCUT2D eigenvalue weighted by molar-refractivity contribution is 0.630. The second-order valence-electron chi connectivity index (χ2n) is 11.6. The Labute approximate surface area is 237 Å². The van der Waals surface area contributed by atoms with Gasteiger partial charge in [0.15, 0.2) is 0 Å². The van der Waals surface area contributed by atoms with Crippen molar-refractivity contribution in [3.05, 3.63) is 87.0 Å². The molecule has 3 nitrogen and oxygen atoms in total. The third-order valence-corrected chi connectivity index (χ3v) is 9.55. The topological polar surface area (TPSA) is 9.72 Å². The number of rotatable bonds is 9. The van der Waals surface area contributed by atoms with E-state index in [1.807, 2.05) is 0 Å². The van der Waals surface area contributed by atoms with E-state index < -0.39 is 0 Å². The summed E-state index contributed by atoms with van der Waals surface area (Å²) in [5, 5.41) is 0. The van der Waals surface area contributed by atoms with Gasteiger partial charge in [0.05, 0.1) is 0 Å². The fourth-order valence-corrected chi connectivity index (χ4v) is 7.38. The minimum absolute atomic E-state index is 0.236. The zero-order chi connectivity index (χ0) is 27.7. The number of nitrogens with zero attached hydrogens (tertiary/aromatic N) is 3. The molecule has 0 saturated carbocycles. The van der Waals surface area contributed by atoms with Crippen molar-refractivity contribution in [1.82, 2.24) is 0 Å². The average Bonchev–Trinajstić information content (AvgIpc) is 2.94. The van der Waals surface area contributed by atoms with Crippen LogP contribution in [0.5, 0.6) is 0 Å². The highest BCUT2D eigenvalue weighted by atomic mass is 15.1. The van der Waals surface area contributed by atoms with E-state index in [4.69, 9.17) is 0 Å². The van der Waals surface area contributed by atoms with Gasteiger partial charge in [-0.05, 0) is 143 Å². The predicted octanol–water partition coefficient (Wildman–Crippen LogP) is 8.18. The van der Waals surface area contributed by atoms with Gasteiger partial charge in [0, 0.05) is 62.2 Å². The molecule has 0 N–H and O–H groups in total. The molecule has 0 saturated heterocycles. The quantitative estimate of drug-likeness (QED) is 0.262. The summed E-state index contributed by atoms with van der Waals surface area (Å²) in [5.74, 6) is 0.236. The molecular formula is C36H49N3. The SMILES string of the molecule is CCN(CC)c1ccc(C(c2ccc(N(CC)CC)cc2C)c2cc3c4c(c2C)CCCN4CCC3)c(C)c1. The van der Waals surface area contributed by atoms with Crippen molar-refractivity contribution in [2.45, 2.75) is 80.1 Å². The van der Waals surface area contributed by atoms with Gasteiger partial charge in [0.2, 0.25) is 0 Å². The summed E-state index contributed by atoms with van der Waals surface area (Å²) in [6, 6.07) is 17.0. The highest BCUT2D eigenvalue weighted by molar-refractivity contribution is 5.69. The normalized spacial score (nSPS) is 14.5. The maximum atomic E-state index is 2.68.